The quantitative estimate of drug-likeness (QED) is 0.0379. The van der Waals surface area contributed by atoms with E-state index < -0.39 is 41.0 Å². The number of amides is 5. The SMILES string of the molecule is CCC.CCC(C)C(C(CC)OC)N(C)C(=O)CNC(=O)C(C(C)C)N(C)C(=O)OCC(C)SSc1ccc([N+](=O)[O-])cn1.COC(C(C)C(=O)NC(C)C(O)c1ccccc1)C1CCCN1C=O. The number of aliphatic hydroxyl groups is 1. The predicted molar refractivity (Wildman–Crippen MR) is 272 cm³/mol. The van der Waals surface area contributed by atoms with Crippen molar-refractivity contribution in [2.45, 2.75) is 154 Å². The van der Waals surface area contributed by atoms with Gasteiger partial charge in [0, 0.05) is 46.2 Å². The highest BCUT2D eigenvalue weighted by molar-refractivity contribution is 8.76. The van der Waals surface area contributed by atoms with Gasteiger partial charge in [0.15, 0.2) is 0 Å². The zero-order chi connectivity index (χ0) is 52.4. The third-order valence-electron chi connectivity index (χ3n) is 11.9. The van der Waals surface area contributed by atoms with Gasteiger partial charge < -0.3 is 39.8 Å². The molecule has 1 saturated heterocycles. The Morgan fingerprint density at radius 1 is 0.957 bits per heavy atom. The van der Waals surface area contributed by atoms with Gasteiger partial charge in [-0.25, -0.2) is 9.78 Å². The molecule has 0 spiro atoms. The average Bonchev–Trinajstić information content (AvgIpc) is 3.82. The Bertz CT molecular complexity index is 1830. The van der Waals surface area contributed by atoms with Crippen molar-refractivity contribution in [2.75, 3.05) is 48.0 Å². The standard InChI is InChI=1S/C27H45N5O7S2.C19H28N2O4.C3H8/c1-10-18(5)25(21(11-2)38-9)30(7)23(33)15-29-26(34)24(17(3)4)31(8)27(35)39-16-19(6)40-41-22-13-12-20(14-28-22)32(36)37;1-13(18(25-3)16-10-7-11-21(16)12-22)19(24)20-14(2)17(23)15-8-5-4-6-9-15;1-3-2/h12-14,17-19,21,24-25H,10-11,15-16H2,1-9H3,(H,29,34);4-6,8-9,12-14,16-18,23H,7,10-11H2,1-3H3,(H,20,24);3H2,1-2H3. The number of pyridine rings is 1. The maximum atomic E-state index is 13.1. The number of methoxy groups -OCH3 is 2. The number of likely N-dealkylation sites (tertiary alicyclic amines) is 1. The van der Waals surface area contributed by atoms with Gasteiger partial charge in [-0.3, -0.25) is 34.2 Å². The molecule has 1 fully saturated rings. The van der Waals surface area contributed by atoms with Gasteiger partial charge >= 0.3 is 6.09 Å². The second-order valence-corrected chi connectivity index (χ2v) is 20.3. The van der Waals surface area contributed by atoms with E-state index in [1.807, 2.05) is 58.0 Å². The molecule has 2 heterocycles. The summed E-state index contributed by atoms with van der Waals surface area (Å²) in [5, 5.41) is 27.2. The number of hydrogen-bond donors (Lipinski definition) is 3. The highest BCUT2D eigenvalue weighted by Gasteiger charge is 2.38. The fourth-order valence-electron chi connectivity index (χ4n) is 7.88. The van der Waals surface area contributed by atoms with E-state index in [1.54, 1.807) is 51.0 Å². The first-order chi connectivity index (χ1) is 32.7. The Morgan fingerprint density at radius 2 is 1.59 bits per heavy atom. The van der Waals surface area contributed by atoms with E-state index in [-0.39, 0.29) is 72.0 Å². The molecule has 2 aromatic rings. The van der Waals surface area contributed by atoms with Gasteiger partial charge in [0.25, 0.3) is 5.69 Å². The molecular weight excluding hydrogens is 927 g/mol. The van der Waals surface area contributed by atoms with Crippen LogP contribution in [0.15, 0.2) is 53.7 Å². The van der Waals surface area contributed by atoms with E-state index in [4.69, 9.17) is 14.2 Å². The van der Waals surface area contributed by atoms with Crippen molar-refractivity contribution in [3.8, 4) is 0 Å². The third kappa shape index (κ3) is 20.4. The molecule has 10 unspecified atom stereocenters. The summed E-state index contributed by atoms with van der Waals surface area (Å²) in [4.78, 5) is 81.7. The van der Waals surface area contributed by atoms with Crippen LogP contribution >= 0.6 is 21.6 Å². The number of nitro groups is 1. The Labute approximate surface area is 418 Å². The lowest BCUT2D eigenvalue weighted by Gasteiger charge is -2.37. The molecule has 1 aromatic carbocycles. The van der Waals surface area contributed by atoms with E-state index in [0.717, 1.165) is 37.7 Å². The average molecular weight is 1010 g/mol. The molecule has 0 radical (unpaired) electrons. The number of hydrogen-bond acceptors (Lipinski definition) is 14. The Hall–Kier alpha value is -4.50. The van der Waals surface area contributed by atoms with Crippen LogP contribution in [0.5, 0.6) is 0 Å². The Kier molecular flexibility index (Phi) is 30.0. The minimum Gasteiger partial charge on any atom is -0.448 e. The summed E-state index contributed by atoms with van der Waals surface area (Å²) in [6.07, 6.45) is 4.72. The molecule has 0 saturated carbocycles. The number of aliphatic hydroxyl groups excluding tert-OH is 1. The maximum Gasteiger partial charge on any atom is 0.410 e. The summed E-state index contributed by atoms with van der Waals surface area (Å²) < 4.78 is 16.6. The van der Waals surface area contributed by atoms with Crippen LogP contribution in [0.2, 0.25) is 0 Å². The fraction of sp³-hybridized carbons (Fsp3) is 0.673. The van der Waals surface area contributed by atoms with Crippen LogP contribution in [-0.4, -0.2) is 150 Å². The van der Waals surface area contributed by atoms with Crippen molar-refractivity contribution in [3.05, 3.63) is 64.3 Å². The number of rotatable bonds is 25. The van der Waals surface area contributed by atoms with Crippen molar-refractivity contribution in [1.29, 1.82) is 0 Å². The molecule has 69 heavy (non-hydrogen) atoms. The molecule has 3 N–H and O–H groups in total. The van der Waals surface area contributed by atoms with Crippen molar-refractivity contribution in [1.82, 2.24) is 30.3 Å². The van der Waals surface area contributed by atoms with Crippen LogP contribution in [0.1, 0.15) is 113 Å². The summed E-state index contributed by atoms with van der Waals surface area (Å²) in [5.74, 6) is -1.33. The number of nitrogens with zero attached hydrogens (tertiary/aromatic N) is 5. The molecule has 18 nitrogen and oxygen atoms in total. The molecule has 1 aromatic heterocycles. The van der Waals surface area contributed by atoms with E-state index in [0.29, 0.717) is 11.6 Å². The highest BCUT2D eigenvalue weighted by atomic mass is 33.1. The first kappa shape index (κ1) is 62.5. The van der Waals surface area contributed by atoms with E-state index >= 15 is 0 Å². The lowest BCUT2D eigenvalue weighted by molar-refractivity contribution is -0.385. The van der Waals surface area contributed by atoms with Gasteiger partial charge in [-0.2, -0.15) is 0 Å². The first-order valence-corrected chi connectivity index (χ1v) is 26.1. The summed E-state index contributed by atoms with van der Waals surface area (Å²) in [6, 6.07) is 10.7. The van der Waals surface area contributed by atoms with E-state index in [2.05, 4.69) is 43.3 Å². The lowest BCUT2D eigenvalue weighted by atomic mass is 9.91. The van der Waals surface area contributed by atoms with Gasteiger partial charge in [-0.1, -0.05) is 109 Å². The molecule has 20 heteroatoms. The Balaban J connectivity index is 0.000000719. The van der Waals surface area contributed by atoms with Gasteiger partial charge in [0.05, 0.1) is 53.8 Å². The van der Waals surface area contributed by atoms with Gasteiger partial charge in [-0.05, 0) is 67.4 Å². The van der Waals surface area contributed by atoms with Crippen molar-refractivity contribution < 1.29 is 48.2 Å². The smallest absolute Gasteiger partial charge is 0.410 e. The molecule has 10 atom stereocenters. The summed E-state index contributed by atoms with van der Waals surface area (Å²) >= 11 is 0. The number of likely N-dealkylation sites (N-methyl/N-ethyl adjacent to an activating group) is 2. The minimum atomic E-state index is -0.838. The number of aromatic nitrogens is 1. The molecule has 1 aliphatic rings. The Morgan fingerprint density at radius 3 is 2.10 bits per heavy atom. The molecule has 3 rings (SSSR count). The predicted octanol–water partition coefficient (Wildman–Crippen LogP) is 7.54. The van der Waals surface area contributed by atoms with Gasteiger partial charge in [-0.15, -0.1) is 0 Å². The second-order valence-electron chi connectivity index (χ2n) is 17.7. The van der Waals surface area contributed by atoms with Crippen LogP contribution in [0.4, 0.5) is 10.5 Å². The number of nitrogens with one attached hydrogen (secondary N) is 2. The normalized spacial score (nSPS) is 17.1. The third-order valence-corrected chi connectivity index (χ3v) is 14.6. The van der Waals surface area contributed by atoms with E-state index in [1.165, 1.54) is 52.2 Å². The summed E-state index contributed by atoms with van der Waals surface area (Å²) in [5.41, 5.74) is 0.671. The zero-order valence-corrected chi connectivity index (χ0v) is 44.9. The van der Waals surface area contributed by atoms with Crippen molar-refractivity contribution >= 4 is 57.5 Å². The fourth-order valence-corrected chi connectivity index (χ4v) is 9.74. The van der Waals surface area contributed by atoms with Crippen LogP contribution in [0.25, 0.3) is 0 Å². The number of ether oxygens (including phenoxy) is 3. The number of carbonyl (C=O) groups excluding carboxylic acids is 5. The molecule has 5 amide bonds. The topological polar surface area (TPSA) is 223 Å². The number of carbonyl (C=O) groups is 5. The molecular formula is C49H81N7O11S2. The molecule has 0 bridgehead atoms. The van der Waals surface area contributed by atoms with Crippen molar-refractivity contribution in [2.24, 2.45) is 17.8 Å². The monoisotopic (exact) mass is 1010 g/mol. The highest BCUT2D eigenvalue weighted by Crippen LogP contribution is 2.34. The molecule has 0 aliphatic carbocycles. The van der Waals surface area contributed by atoms with Crippen LogP contribution in [-0.2, 0) is 33.4 Å². The molecule has 390 valence electrons. The van der Waals surface area contributed by atoms with Crippen molar-refractivity contribution in [3.63, 3.8) is 0 Å². The summed E-state index contributed by atoms with van der Waals surface area (Å²) in [6.45, 7) is 20.1. The van der Waals surface area contributed by atoms with Gasteiger partial charge in [0.2, 0.25) is 24.1 Å². The maximum absolute atomic E-state index is 13.1. The summed E-state index contributed by atoms with van der Waals surface area (Å²) in [7, 11) is 9.15. The minimum absolute atomic E-state index is 0.0820. The van der Waals surface area contributed by atoms with Gasteiger partial charge in [0.1, 0.15) is 23.9 Å². The second kappa shape index (κ2) is 33.2. The molecule has 1 aliphatic heterocycles. The lowest BCUT2D eigenvalue weighted by Crippen LogP contribution is -2.54. The number of benzene rings is 1. The zero-order valence-electron chi connectivity index (χ0n) is 43.3. The van der Waals surface area contributed by atoms with Crippen LogP contribution < -0.4 is 10.6 Å². The van der Waals surface area contributed by atoms with Crippen LogP contribution in [0, 0.1) is 27.9 Å². The van der Waals surface area contributed by atoms with Crippen LogP contribution in [0.3, 0.4) is 0 Å². The largest absolute Gasteiger partial charge is 0.448 e. The first-order valence-electron chi connectivity index (χ1n) is 23.9. The van der Waals surface area contributed by atoms with E-state index in [9.17, 15) is 39.2 Å².